The Bertz CT molecular complexity index is 421. The first kappa shape index (κ1) is 17.2. The van der Waals surface area contributed by atoms with Crippen molar-refractivity contribution >= 4 is 11.8 Å². The summed E-state index contributed by atoms with van der Waals surface area (Å²) in [5, 5.41) is 0. The molecule has 2 heterocycles. The van der Waals surface area contributed by atoms with E-state index < -0.39 is 0 Å². The fraction of sp³-hybridized carbons (Fsp3) is 0.875. The van der Waals surface area contributed by atoms with E-state index >= 15 is 0 Å². The van der Waals surface area contributed by atoms with Crippen LogP contribution >= 0.6 is 0 Å². The van der Waals surface area contributed by atoms with Crippen LogP contribution in [-0.2, 0) is 14.3 Å². The highest BCUT2D eigenvalue weighted by Crippen LogP contribution is 2.29. The number of amides is 2. The van der Waals surface area contributed by atoms with E-state index in [2.05, 4.69) is 18.9 Å². The predicted molar refractivity (Wildman–Crippen MR) is 84.5 cm³/mol. The maximum Gasteiger partial charge on any atom is 0.241 e. The van der Waals surface area contributed by atoms with Crippen molar-refractivity contribution in [2.24, 2.45) is 5.41 Å². The second kappa shape index (κ2) is 6.96. The van der Waals surface area contributed by atoms with Crippen LogP contribution in [0.15, 0.2) is 0 Å². The number of likely N-dealkylation sites (tertiary alicyclic amines) is 1. The van der Waals surface area contributed by atoms with Gasteiger partial charge in [-0.05, 0) is 19.9 Å². The lowest BCUT2D eigenvalue weighted by molar-refractivity contribution is -0.138. The molecule has 2 rings (SSSR count). The summed E-state index contributed by atoms with van der Waals surface area (Å²) >= 11 is 0. The van der Waals surface area contributed by atoms with E-state index in [0.29, 0.717) is 19.0 Å². The molecule has 2 aliphatic heterocycles. The van der Waals surface area contributed by atoms with E-state index in [-0.39, 0.29) is 23.8 Å². The normalized spacial score (nSPS) is 24.9. The Labute approximate surface area is 133 Å². The minimum absolute atomic E-state index is 0.0146. The molecular weight excluding hydrogens is 282 g/mol. The lowest BCUT2D eigenvalue weighted by Gasteiger charge is -2.42. The van der Waals surface area contributed by atoms with Gasteiger partial charge >= 0.3 is 0 Å². The van der Waals surface area contributed by atoms with E-state index in [1.165, 1.54) is 0 Å². The average molecular weight is 311 g/mol. The molecule has 0 N–H and O–H groups in total. The van der Waals surface area contributed by atoms with Gasteiger partial charge in [-0.1, -0.05) is 6.92 Å². The zero-order chi connectivity index (χ0) is 16.3. The number of rotatable bonds is 5. The third kappa shape index (κ3) is 4.20. The van der Waals surface area contributed by atoms with Crippen molar-refractivity contribution in [2.45, 2.75) is 32.2 Å². The molecule has 0 aliphatic carbocycles. The Morgan fingerprint density at radius 1 is 1.32 bits per heavy atom. The Morgan fingerprint density at radius 2 is 2.00 bits per heavy atom. The van der Waals surface area contributed by atoms with Crippen molar-refractivity contribution in [1.82, 2.24) is 14.7 Å². The van der Waals surface area contributed by atoms with Crippen LogP contribution in [0.5, 0.6) is 0 Å². The Kier molecular flexibility index (Phi) is 5.45. The third-order valence-corrected chi connectivity index (χ3v) is 4.76. The van der Waals surface area contributed by atoms with Gasteiger partial charge in [0, 0.05) is 45.1 Å². The zero-order valence-electron chi connectivity index (χ0n) is 14.3. The van der Waals surface area contributed by atoms with Crippen LogP contribution in [0.2, 0.25) is 0 Å². The number of hydrogen-bond acceptors (Lipinski definition) is 4. The summed E-state index contributed by atoms with van der Waals surface area (Å²) < 4.78 is 5.32. The molecule has 0 aromatic rings. The number of likely N-dealkylation sites (N-methyl/N-ethyl adjacent to an activating group) is 1. The largest absolute Gasteiger partial charge is 0.380 e. The highest BCUT2D eigenvalue weighted by molar-refractivity contribution is 5.84. The van der Waals surface area contributed by atoms with Crippen LogP contribution < -0.4 is 0 Å². The molecule has 0 aromatic carbocycles. The monoisotopic (exact) mass is 311 g/mol. The van der Waals surface area contributed by atoms with Crippen molar-refractivity contribution in [2.75, 3.05) is 54.0 Å². The topological polar surface area (TPSA) is 53.1 Å². The van der Waals surface area contributed by atoms with Gasteiger partial charge in [-0.2, -0.15) is 0 Å². The molecule has 0 aromatic heterocycles. The van der Waals surface area contributed by atoms with Gasteiger partial charge < -0.3 is 19.4 Å². The highest BCUT2D eigenvalue weighted by Gasteiger charge is 2.36. The van der Waals surface area contributed by atoms with Crippen molar-refractivity contribution in [3.05, 3.63) is 0 Å². The quantitative estimate of drug-likeness (QED) is 0.739. The average Bonchev–Trinajstić information content (AvgIpc) is 2.60. The number of carbonyl (C=O) groups is 2. The molecule has 126 valence electrons. The first-order valence-corrected chi connectivity index (χ1v) is 8.07. The predicted octanol–water partition coefficient (Wildman–Crippen LogP) is 0.424. The van der Waals surface area contributed by atoms with Gasteiger partial charge in [-0.15, -0.1) is 0 Å². The Morgan fingerprint density at radius 3 is 2.55 bits per heavy atom. The molecule has 0 spiro atoms. The molecule has 2 amide bonds. The number of nitrogens with zero attached hydrogens (tertiary/aromatic N) is 3. The Balaban J connectivity index is 1.87. The van der Waals surface area contributed by atoms with Gasteiger partial charge in [-0.3, -0.25) is 9.59 Å². The SMILES string of the molecule is CN(C)C(=O)CN1CCC(N(C)CC2(C)COC2)CCC1=O. The smallest absolute Gasteiger partial charge is 0.241 e. The summed E-state index contributed by atoms with van der Waals surface area (Å²) in [6.07, 6.45) is 2.34. The van der Waals surface area contributed by atoms with Crippen LogP contribution in [0.4, 0.5) is 0 Å². The summed E-state index contributed by atoms with van der Waals surface area (Å²) in [4.78, 5) is 29.7. The van der Waals surface area contributed by atoms with E-state index in [1.807, 2.05) is 0 Å². The first-order valence-electron chi connectivity index (χ1n) is 8.07. The first-order chi connectivity index (χ1) is 10.3. The van der Waals surface area contributed by atoms with Gasteiger partial charge in [0.15, 0.2) is 0 Å². The Hall–Kier alpha value is -1.14. The maximum absolute atomic E-state index is 12.2. The molecule has 6 nitrogen and oxygen atoms in total. The third-order valence-electron chi connectivity index (χ3n) is 4.76. The second-order valence-electron chi connectivity index (χ2n) is 7.30. The van der Waals surface area contributed by atoms with E-state index in [1.54, 1.807) is 23.9 Å². The molecule has 1 atom stereocenters. The minimum Gasteiger partial charge on any atom is -0.380 e. The lowest BCUT2D eigenvalue weighted by Crippen LogP contribution is -2.50. The van der Waals surface area contributed by atoms with Crippen molar-refractivity contribution < 1.29 is 14.3 Å². The van der Waals surface area contributed by atoms with Crippen molar-refractivity contribution in [3.63, 3.8) is 0 Å². The second-order valence-corrected chi connectivity index (χ2v) is 7.30. The molecule has 1 unspecified atom stereocenters. The fourth-order valence-electron chi connectivity index (χ4n) is 3.21. The summed E-state index contributed by atoms with van der Waals surface area (Å²) in [6, 6.07) is 0.404. The van der Waals surface area contributed by atoms with Gasteiger partial charge in [0.1, 0.15) is 0 Å². The number of ether oxygens (including phenoxy) is 1. The van der Waals surface area contributed by atoms with Crippen molar-refractivity contribution in [1.29, 1.82) is 0 Å². The molecular formula is C16H29N3O3. The summed E-state index contributed by atoms with van der Waals surface area (Å²) in [5.41, 5.74) is 0.256. The summed E-state index contributed by atoms with van der Waals surface area (Å²) in [7, 11) is 5.59. The van der Waals surface area contributed by atoms with Crippen molar-refractivity contribution in [3.8, 4) is 0 Å². The minimum atomic E-state index is -0.0146. The molecule has 2 aliphatic rings. The van der Waals surface area contributed by atoms with Gasteiger partial charge in [0.2, 0.25) is 11.8 Å². The maximum atomic E-state index is 12.2. The van der Waals surface area contributed by atoms with Gasteiger partial charge in [0.25, 0.3) is 0 Å². The van der Waals surface area contributed by atoms with Crippen LogP contribution in [0.1, 0.15) is 26.2 Å². The van der Waals surface area contributed by atoms with Crippen LogP contribution in [0.3, 0.4) is 0 Å². The molecule has 0 radical (unpaired) electrons. The standard InChI is InChI=1S/C16H29N3O3/c1-16(11-22-12-16)10-18(4)13-5-6-14(20)19(8-7-13)9-15(21)17(2)3/h13H,5-12H2,1-4H3. The molecule has 2 fully saturated rings. The molecule has 0 saturated carbocycles. The van der Waals surface area contributed by atoms with Crippen LogP contribution in [0, 0.1) is 5.41 Å². The number of carbonyl (C=O) groups excluding carboxylic acids is 2. The van der Waals surface area contributed by atoms with E-state index in [4.69, 9.17) is 4.74 Å². The fourth-order valence-corrected chi connectivity index (χ4v) is 3.21. The molecule has 0 bridgehead atoms. The van der Waals surface area contributed by atoms with Gasteiger partial charge in [0.05, 0.1) is 19.8 Å². The van der Waals surface area contributed by atoms with E-state index in [9.17, 15) is 9.59 Å². The van der Waals surface area contributed by atoms with Crippen LogP contribution in [0.25, 0.3) is 0 Å². The molecule has 22 heavy (non-hydrogen) atoms. The molecule has 6 heteroatoms. The highest BCUT2D eigenvalue weighted by atomic mass is 16.5. The summed E-state index contributed by atoms with van der Waals surface area (Å²) in [5.74, 6) is 0.0866. The van der Waals surface area contributed by atoms with Gasteiger partial charge in [-0.25, -0.2) is 0 Å². The summed E-state index contributed by atoms with van der Waals surface area (Å²) in [6.45, 7) is 5.77. The van der Waals surface area contributed by atoms with E-state index in [0.717, 1.165) is 32.6 Å². The zero-order valence-corrected chi connectivity index (χ0v) is 14.3. The number of hydrogen-bond donors (Lipinski definition) is 0. The van der Waals surface area contributed by atoms with Crippen LogP contribution in [-0.4, -0.2) is 86.5 Å². The molecule has 2 saturated heterocycles. The lowest BCUT2D eigenvalue weighted by atomic mass is 9.87.